The second-order valence-electron chi connectivity index (χ2n) is 6.50. The second-order valence-corrected chi connectivity index (χ2v) is 6.50. The van der Waals surface area contributed by atoms with Gasteiger partial charge in [-0.3, -0.25) is 29.8 Å². The van der Waals surface area contributed by atoms with E-state index in [1.54, 1.807) is 0 Å². The quantitative estimate of drug-likeness (QED) is 0.429. The van der Waals surface area contributed by atoms with Crippen molar-refractivity contribution in [2.45, 2.75) is 0 Å². The molecule has 0 aromatic heterocycles. The van der Waals surface area contributed by atoms with Crippen molar-refractivity contribution in [2.24, 2.45) is 47.3 Å². The number of nitrogens with one attached hydrogen (secondary N) is 2. The van der Waals surface area contributed by atoms with Crippen LogP contribution < -0.4 is 10.6 Å². The third-order valence-electron chi connectivity index (χ3n) is 6.03. The third-order valence-corrected chi connectivity index (χ3v) is 6.03. The predicted molar refractivity (Wildman–Crippen MR) is 63.4 cm³/mol. The number of fused-ring (bicyclic) bond motifs is 1. The molecule has 2 heterocycles. The molecule has 2 N–H and O–H groups in total. The fraction of sp³-hybridized carbons (Fsp3) is 0.571. The van der Waals surface area contributed by atoms with Gasteiger partial charge in [-0.2, -0.15) is 0 Å². The van der Waals surface area contributed by atoms with Crippen LogP contribution in [0.3, 0.4) is 0 Å². The molecule has 6 heteroatoms. The zero-order valence-corrected chi connectivity index (χ0v) is 10.4. The molecule has 0 aromatic rings. The summed E-state index contributed by atoms with van der Waals surface area (Å²) in [5.41, 5.74) is 0. The summed E-state index contributed by atoms with van der Waals surface area (Å²) in [4.78, 5) is 47.8. The maximum absolute atomic E-state index is 12.0. The summed E-state index contributed by atoms with van der Waals surface area (Å²) in [6.45, 7) is 0. The molecule has 0 unspecified atom stereocenters. The van der Waals surface area contributed by atoms with Gasteiger partial charge in [-0.25, -0.2) is 0 Å². The van der Waals surface area contributed by atoms with Crippen LogP contribution in [0, 0.1) is 47.3 Å². The number of imide groups is 2. The minimum absolute atomic E-state index is 0.0411. The van der Waals surface area contributed by atoms with Gasteiger partial charge in [0.15, 0.2) is 0 Å². The van der Waals surface area contributed by atoms with E-state index >= 15 is 0 Å². The normalized spacial score (nSPS) is 54.0. The molecular formula is C14H12N2O4. The number of rotatable bonds is 0. The summed E-state index contributed by atoms with van der Waals surface area (Å²) in [6.07, 6.45) is 3.97. The van der Waals surface area contributed by atoms with Gasteiger partial charge in [0.1, 0.15) is 0 Å². The number of hydrogen-bond donors (Lipinski definition) is 2. The first-order chi connectivity index (χ1) is 9.59. The number of amides is 4. The Kier molecular flexibility index (Phi) is 1.63. The van der Waals surface area contributed by atoms with Gasteiger partial charge in [0.2, 0.25) is 23.6 Å². The largest absolute Gasteiger partial charge is 0.296 e. The van der Waals surface area contributed by atoms with E-state index in [1.165, 1.54) is 0 Å². The zero-order valence-electron chi connectivity index (χ0n) is 10.4. The molecule has 20 heavy (non-hydrogen) atoms. The lowest BCUT2D eigenvalue weighted by molar-refractivity contribution is -0.166. The Balaban J connectivity index is 1.63. The molecule has 4 amide bonds. The first-order valence-electron chi connectivity index (χ1n) is 6.97. The van der Waals surface area contributed by atoms with E-state index in [1.807, 2.05) is 12.2 Å². The van der Waals surface area contributed by atoms with Gasteiger partial charge < -0.3 is 0 Å². The van der Waals surface area contributed by atoms with Crippen molar-refractivity contribution in [1.29, 1.82) is 0 Å². The summed E-state index contributed by atoms with van der Waals surface area (Å²) < 4.78 is 0. The number of allylic oxidation sites excluding steroid dienone is 2. The molecule has 2 aliphatic heterocycles. The Bertz CT molecular complexity index is 587. The van der Waals surface area contributed by atoms with Gasteiger partial charge in [0, 0.05) is 0 Å². The molecule has 0 aromatic carbocycles. The van der Waals surface area contributed by atoms with Gasteiger partial charge in [0.05, 0.1) is 23.7 Å². The predicted octanol–water partition coefficient (Wildman–Crippen LogP) is -1.17. The first-order valence-corrected chi connectivity index (χ1v) is 6.97. The maximum atomic E-state index is 12.0. The van der Waals surface area contributed by atoms with E-state index in [4.69, 9.17) is 0 Å². The minimum atomic E-state index is -0.344. The van der Waals surface area contributed by atoms with Crippen LogP contribution in [-0.4, -0.2) is 23.6 Å². The molecule has 4 fully saturated rings. The van der Waals surface area contributed by atoms with Gasteiger partial charge in [0.25, 0.3) is 0 Å². The Labute approximate surface area is 114 Å². The van der Waals surface area contributed by atoms with Crippen molar-refractivity contribution in [2.75, 3.05) is 0 Å². The lowest BCUT2D eigenvalue weighted by Crippen LogP contribution is -2.63. The first kappa shape index (κ1) is 10.8. The summed E-state index contributed by atoms with van der Waals surface area (Å²) in [5.74, 6) is -2.21. The fourth-order valence-corrected chi connectivity index (χ4v) is 5.44. The molecule has 2 bridgehead atoms. The van der Waals surface area contributed by atoms with Crippen LogP contribution in [-0.2, 0) is 19.2 Å². The van der Waals surface area contributed by atoms with Crippen LogP contribution in [0.25, 0.3) is 0 Å². The second kappa shape index (κ2) is 3.02. The number of carbonyl (C=O) groups is 4. The summed E-state index contributed by atoms with van der Waals surface area (Å²) in [5, 5.41) is 4.81. The van der Waals surface area contributed by atoms with E-state index in [0.29, 0.717) is 0 Å². The Morgan fingerprint density at radius 3 is 1.35 bits per heavy atom. The third kappa shape index (κ3) is 0.910. The van der Waals surface area contributed by atoms with Crippen LogP contribution >= 0.6 is 0 Å². The van der Waals surface area contributed by atoms with E-state index in [0.717, 1.165) is 0 Å². The van der Waals surface area contributed by atoms with E-state index < -0.39 is 0 Å². The van der Waals surface area contributed by atoms with Gasteiger partial charge in [-0.05, 0) is 23.7 Å². The zero-order chi connectivity index (χ0) is 13.8. The highest BCUT2D eigenvalue weighted by Gasteiger charge is 2.72. The van der Waals surface area contributed by atoms with Crippen molar-refractivity contribution in [3.63, 3.8) is 0 Å². The molecule has 6 rings (SSSR count). The van der Waals surface area contributed by atoms with Crippen LogP contribution in [0.2, 0.25) is 0 Å². The van der Waals surface area contributed by atoms with Crippen LogP contribution in [0.4, 0.5) is 0 Å². The molecule has 102 valence electrons. The van der Waals surface area contributed by atoms with Crippen molar-refractivity contribution < 1.29 is 19.2 Å². The lowest BCUT2D eigenvalue weighted by atomic mass is 9.40. The van der Waals surface area contributed by atoms with Crippen molar-refractivity contribution in [3.05, 3.63) is 12.2 Å². The minimum Gasteiger partial charge on any atom is -0.296 e. The van der Waals surface area contributed by atoms with Crippen molar-refractivity contribution in [1.82, 2.24) is 10.6 Å². The SMILES string of the molecule is O=C1NC(=O)[C@H]2[C@@H]3C=C[C@H]([C@@H]12)[C@H]1[C@@H]2C(=O)NC(=O)[C@H]2[C@@H]31. The van der Waals surface area contributed by atoms with Gasteiger partial charge in [-0.15, -0.1) is 0 Å². The molecule has 4 aliphatic carbocycles. The standard InChI is InChI=1S/C14H12N2O4/c17-11-7-3-1-2-4(8(7)12(18)15-11)6-5(3)9-10(6)14(20)16-13(9)19/h1-10H,(H,15,17,18)(H,16,19,20)/t3-,4+,5+,6-,7+,8-,9-,10-/m0/s1. The molecule has 8 atom stereocenters. The van der Waals surface area contributed by atoms with Crippen molar-refractivity contribution >= 4 is 23.6 Å². The highest BCUT2D eigenvalue weighted by Crippen LogP contribution is 2.66. The lowest BCUT2D eigenvalue weighted by Gasteiger charge is -2.60. The molecular weight excluding hydrogens is 260 g/mol. The summed E-state index contributed by atoms with van der Waals surface area (Å²) >= 11 is 0. The summed E-state index contributed by atoms with van der Waals surface area (Å²) in [7, 11) is 0. The van der Waals surface area contributed by atoms with E-state index in [2.05, 4.69) is 10.6 Å². The Hall–Kier alpha value is -1.98. The molecule has 6 aliphatic rings. The highest BCUT2D eigenvalue weighted by molar-refractivity contribution is 6.09. The van der Waals surface area contributed by atoms with E-state index in [9.17, 15) is 19.2 Å². The van der Waals surface area contributed by atoms with Crippen LogP contribution in [0.5, 0.6) is 0 Å². The molecule has 2 saturated carbocycles. The Morgan fingerprint density at radius 2 is 0.950 bits per heavy atom. The maximum Gasteiger partial charge on any atom is 0.231 e. The van der Waals surface area contributed by atoms with Crippen LogP contribution in [0.1, 0.15) is 0 Å². The smallest absolute Gasteiger partial charge is 0.231 e. The molecule has 6 nitrogen and oxygen atoms in total. The monoisotopic (exact) mass is 272 g/mol. The topological polar surface area (TPSA) is 92.3 Å². The molecule has 0 spiro atoms. The highest BCUT2D eigenvalue weighted by atomic mass is 16.2. The van der Waals surface area contributed by atoms with E-state index in [-0.39, 0.29) is 71.0 Å². The van der Waals surface area contributed by atoms with Gasteiger partial charge in [-0.1, -0.05) is 12.2 Å². The number of hydrogen-bond acceptors (Lipinski definition) is 4. The Morgan fingerprint density at radius 1 is 0.600 bits per heavy atom. The number of carbonyl (C=O) groups excluding carboxylic acids is 4. The average Bonchev–Trinajstić information content (AvgIpc) is 2.78. The fourth-order valence-electron chi connectivity index (χ4n) is 5.44. The molecule has 0 radical (unpaired) electrons. The van der Waals surface area contributed by atoms with Crippen LogP contribution in [0.15, 0.2) is 12.2 Å². The van der Waals surface area contributed by atoms with Gasteiger partial charge >= 0.3 is 0 Å². The molecule has 2 saturated heterocycles. The average molecular weight is 272 g/mol. The van der Waals surface area contributed by atoms with Crippen molar-refractivity contribution in [3.8, 4) is 0 Å². The summed E-state index contributed by atoms with van der Waals surface area (Å²) in [6, 6.07) is 0.